The smallest absolute Gasteiger partial charge is 0.255 e. The van der Waals surface area contributed by atoms with Gasteiger partial charge < -0.3 is 14.0 Å². The average molecular weight is 410 g/mol. The van der Waals surface area contributed by atoms with Crippen LogP contribution in [0.15, 0.2) is 29.3 Å². The number of hydrogen-bond acceptors (Lipinski definition) is 4. The third-order valence-electron chi connectivity index (χ3n) is 7.12. The van der Waals surface area contributed by atoms with E-state index in [-0.39, 0.29) is 17.4 Å². The molecule has 7 heteroatoms. The molecule has 2 atom stereocenters. The normalized spacial score (nSPS) is 23.6. The molecule has 3 aliphatic rings. The van der Waals surface area contributed by atoms with Crippen molar-refractivity contribution in [2.24, 2.45) is 5.92 Å². The van der Waals surface area contributed by atoms with Crippen LogP contribution in [-0.4, -0.2) is 56.0 Å². The molecule has 160 valence electrons. The monoisotopic (exact) mass is 409 g/mol. The van der Waals surface area contributed by atoms with Gasteiger partial charge in [0.15, 0.2) is 0 Å². The molecule has 2 aromatic rings. The van der Waals surface area contributed by atoms with Crippen molar-refractivity contribution in [3.8, 4) is 0 Å². The Balaban J connectivity index is 1.28. The Morgan fingerprint density at radius 2 is 2.00 bits per heavy atom. The van der Waals surface area contributed by atoms with Gasteiger partial charge in [-0.1, -0.05) is 6.07 Å². The number of imidazole rings is 1. The highest BCUT2D eigenvalue weighted by atomic mass is 16.2. The largest absolute Gasteiger partial charge is 0.342 e. The molecule has 30 heavy (non-hydrogen) atoms. The molecule has 0 saturated carbocycles. The molecule has 2 aromatic heterocycles. The molecular formula is C23H31N5O2. The Morgan fingerprint density at radius 1 is 1.17 bits per heavy atom. The van der Waals surface area contributed by atoms with E-state index < -0.39 is 0 Å². The summed E-state index contributed by atoms with van der Waals surface area (Å²) in [4.78, 5) is 34.7. The summed E-state index contributed by atoms with van der Waals surface area (Å²) in [5.74, 6) is 1.79. The van der Waals surface area contributed by atoms with Gasteiger partial charge >= 0.3 is 0 Å². The quantitative estimate of drug-likeness (QED) is 0.758. The molecule has 2 bridgehead atoms. The van der Waals surface area contributed by atoms with Gasteiger partial charge in [0.05, 0.1) is 0 Å². The molecule has 2 fully saturated rings. The second-order valence-electron chi connectivity index (χ2n) is 9.20. The molecule has 0 radical (unpaired) electrons. The number of piperidine rings is 1. The first-order valence-electron chi connectivity index (χ1n) is 11.3. The fraction of sp³-hybridized carbons (Fsp3) is 0.609. The van der Waals surface area contributed by atoms with E-state index in [1.807, 2.05) is 33.2 Å². The van der Waals surface area contributed by atoms with E-state index in [1.54, 1.807) is 6.20 Å². The predicted octanol–water partition coefficient (Wildman–Crippen LogP) is 1.99. The Bertz CT molecular complexity index is 988. The molecule has 0 N–H and O–H groups in total. The SMILES string of the molecule is Cc1nccn1CCC(=O)N1C[C@@H]2C[C@H](C1)c1ccc(CN3CCCC3)c(=O)n1C2. The standard InChI is InChI=1S/C23H31N5O2/c1-17-24-7-11-26(17)10-6-22(29)27-13-18-12-20(16-27)21-5-4-19(23(30)28(21)14-18)15-25-8-2-3-9-25/h4-5,7,11,18,20H,2-3,6,8-10,12-16H2,1H3/t18-,20+/m0/s1. The van der Waals surface area contributed by atoms with Crippen molar-refractivity contribution in [3.05, 3.63) is 52.0 Å². The zero-order valence-electron chi connectivity index (χ0n) is 17.8. The maximum absolute atomic E-state index is 13.2. The van der Waals surface area contributed by atoms with Gasteiger partial charge in [0.25, 0.3) is 5.56 Å². The lowest BCUT2D eigenvalue weighted by Gasteiger charge is -2.43. The summed E-state index contributed by atoms with van der Waals surface area (Å²) in [6.45, 7) is 7.83. The van der Waals surface area contributed by atoms with Gasteiger partial charge in [-0.15, -0.1) is 0 Å². The Morgan fingerprint density at radius 3 is 2.77 bits per heavy atom. The molecule has 3 aliphatic heterocycles. The molecule has 1 amide bonds. The summed E-state index contributed by atoms with van der Waals surface area (Å²) in [7, 11) is 0. The topological polar surface area (TPSA) is 63.4 Å². The van der Waals surface area contributed by atoms with Crippen LogP contribution >= 0.6 is 0 Å². The number of fused-ring (bicyclic) bond motifs is 4. The van der Waals surface area contributed by atoms with Crippen LogP contribution in [0, 0.1) is 12.8 Å². The number of rotatable bonds is 5. The van der Waals surface area contributed by atoms with Crippen molar-refractivity contribution in [2.45, 2.75) is 58.2 Å². The van der Waals surface area contributed by atoms with E-state index in [2.05, 4.69) is 16.0 Å². The number of likely N-dealkylation sites (tertiary alicyclic amines) is 2. The summed E-state index contributed by atoms with van der Waals surface area (Å²) in [6, 6.07) is 4.19. The maximum Gasteiger partial charge on any atom is 0.255 e. The molecule has 5 rings (SSSR count). The lowest BCUT2D eigenvalue weighted by atomic mass is 9.83. The third-order valence-corrected chi connectivity index (χ3v) is 7.12. The van der Waals surface area contributed by atoms with Gasteiger partial charge in [0.2, 0.25) is 5.91 Å². The fourth-order valence-corrected chi connectivity index (χ4v) is 5.51. The molecule has 2 saturated heterocycles. The number of hydrogen-bond donors (Lipinski definition) is 0. The number of aromatic nitrogens is 3. The molecular weight excluding hydrogens is 378 g/mol. The first-order chi connectivity index (χ1) is 14.6. The molecule has 5 heterocycles. The number of amides is 1. The number of pyridine rings is 1. The zero-order chi connectivity index (χ0) is 20.7. The van der Waals surface area contributed by atoms with E-state index in [9.17, 15) is 9.59 Å². The van der Waals surface area contributed by atoms with Crippen LogP contribution in [0.5, 0.6) is 0 Å². The maximum atomic E-state index is 13.2. The van der Waals surface area contributed by atoms with E-state index in [0.717, 1.165) is 62.8 Å². The van der Waals surface area contributed by atoms with Crippen LogP contribution in [0.3, 0.4) is 0 Å². The molecule has 0 aliphatic carbocycles. The Kier molecular flexibility index (Phi) is 5.23. The molecule has 0 unspecified atom stereocenters. The lowest BCUT2D eigenvalue weighted by Crippen LogP contribution is -2.49. The second kappa shape index (κ2) is 8.02. The fourth-order valence-electron chi connectivity index (χ4n) is 5.51. The Hall–Kier alpha value is -2.41. The highest BCUT2D eigenvalue weighted by Gasteiger charge is 2.36. The number of nitrogens with zero attached hydrogens (tertiary/aromatic N) is 5. The summed E-state index contributed by atoms with van der Waals surface area (Å²) in [6.07, 6.45) is 7.75. The molecule has 7 nitrogen and oxygen atoms in total. The zero-order valence-corrected chi connectivity index (χ0v) is 17.8. The van der Waals surface area contributed by atoms with Gasteiger partial charge in [-0.2, -0.15) is 0 Å². The lowest BCUT2D eigenvalue weighted by molar-refractivity contribution is -0.134. The minimum Gasteiger partial charge on any atom is -0.342 e. The highest BCUT2D eigenvalue weighted by molar-refractivity contribution is 5.76. The van der Waals surface area contributed by atoms with Crippen LogP contribution in [0.4, 0.5) is 0 Å². The van der Waals surface area contributed by atoms with Crippen molar-refractivity contribution < 1.29 is 4.79 Å². The molecule has 0 spiro atoms. The summed E-state index contributed by atoms with van der Waals surface area (Å²) in [5.41, 5.74) is 2.22. The predicted molar refractivity (Wildman–Crippen MR) is 114 cm³/mol. The van der Waals surface area contributed by atoms with Gasteiger partial charge in [0, 0.05) is 68.7 Å². The van der Waals surface area contributed by atoms with Crippen LogP contribution in [0.1, 0.15) is 48.7 Å². The van der Waals surface area contributed by atoms with Crippen LogP contribution in [-0.2, 0) is 24.4 Å². The first kappa shape index (κ1) is 19.5. The molecule has 0 aromatic carbocycles. The van der Waals surface area contributed by atoms with E-state index >= 15 is 0 Å². The van der Waals surface area contributed by atoms with Gasteiger partial charge in [-0.3, -0.25) is 14.5 Å². The second-order valence-corrected chi connectivity index (χ2v) is 9.20. The van der Waals surface area contributed by atoms with Crippen molar-refractivity contribution in [1.82, 2.24) is 23.9 Å². The summed E-state index contributed by atoms with van der Waals surface area (Å²) >= 11 is 0. The first-order valence-corrected chi connectivity index (χ1v) is 11.3. The number of carbonyl (C=O) groups excluding carboxylic acids is 1. The van der Waals surface area contributed by atoms with Crippen molar-refractivity contribution in [1.29, 1.82) is 0 Å². The van der Waals surface area contributed by atoms with Crippen molar-refractivity contribution in [3.63, 3.8) is 0 Å². The summed E-state index contributed by atoms with van der Waals surface area (Å²) < 4.78 is 4.04. The minimum absolute atomic E-state index is 0.185. The minimum atomic E-state index is 0.185. The van der Waals surface area contributed by atoms with E-state index in [0.29, 0.717) is 18.9 Å². The van der Waals surface area contributed by atoms with E-state index in [4.69, 9.17) is 0 Å². The van der Waals surface area contributed by atoms with Crippen LogP contribution < -0.4 is 5.56 Å². The third kappa shape index (κ3) is 3.71. The van der Waals surface area contributed by atoms with Crippen LogP contribution in [0.2, 0.25) is 0 Å². The average Bonchev–Trinajstić information content (AvgIpc) is 3.40. The van der Waals surface area contributed by atoms with Crippen molar-refractivity contribution >= 4 is 5.91 Å². The highest BCUT2D eigenvalue weighted by Crippen LogP contribution is 2.35. The van der Waals surface area contributed by atoms with Gasteiger partial charge in [-0.05, 0) is 51.3 Å². The van der Waals surface area contributed by atoms with Gasteiger partial charge in [-0.25, -0.2) is 4.98 Å². The van der Waals surface area contributed by atoms with E-state index in [1.165, 1.54) is 12.8 Å². The number of carbonyl (C=O) groups is 1. The Labute approximate surface area is 177 Å². The van der Waals surface area contributed by atoms with Gasteiger partial charge in [0.1, 0.15) is 5.82 Å². The number of aryl methyl sites for hydroxylation is 2. The summed E-state index contributed by atoms with van der Waals surface area (Å²) in [5, 5.41) is 0. The van der Waals surface area contributed by atoms with Crippen molar-refractivity contribution in [2.75, 3.05) is 26.2 Å². The van der Waals surface area contributed by atoms with Crippen LogP contribution in [0.25, 0.3) is 0 Å².